The molecule has 3 unspecified atom stereocenters. The lowest BCUT2D eigenvalue weighted by Crippen LogP contribution is -1.91. The summed E-state index contributed by atoms with van der Waals surface area (Å²) in [6.07, 6.45) is 8.34. The second-order valence-electron chi connectivity index (χ2n) is 4.18. The van der Waals surface area contributed by atoms with Crippen molar-refractivity contribution >= 4 is 0 Å². The van der Waals surface area contributed by atoms with Crippen molar-refractivity contribution in [3.63, 3.8) is 0 Å². The quantitative estimate of drug-likeness (QED) is 0.524. The van der Waals surface area contributed by atoms with Crippen LogP contribution in [0, 0.1) is 11.8 Å². The molecule has 0 bridgehead atoms. The summed E-state index contributed by atoms with van der Waals surface area (Å²) in [5.41, 5.74) is 0. The molecule has 2 aliphatic carbocycles. The molecule has 1 heterocycles. The Hall–Kier alpha value is -0.0400. The van der Waals surface area contributed by atoms with E-state index in [1.165, 1.54) is 24.7 Å². The number of hydrogen-bond acceptors (Lipinski definition) is 1. The predicted octanol–water partition coefficient (Wildman–Crippen LogP) is 3.63. The number of fused-ring (bicyclic) bond motifs is 1. The molecule has 13 heavy (non-hydrogen) atoms. The van der Waals surface area contributed by atoms with Gasteiger partial charge in [0.25, 0.3) is 0 Å². The van der Waals surface area contributed by atoms with Crippen LogP contribution in [0.1, 0.15) is 52.9 Å². The second kappa shape index (κ2) is 5.64. The minimum absolute atomic E-state index is 0.583. The Bertz CT molecular complexity index is 119. The van der Waals surface area contributed by atoms with Gasteiger partial charge in [-0.1, -0.05) is 39.5 Å². The first-order chi connectivity index (χ1) is 6.36. The lowest BCUT2D eigenvalue weighted by atomic mass is 10.0. The zero-order valence-electron chi connectivity index (χ0n) is 9.38. The van der Waals surface area contributed by atoms with Gasteiger partial charge >= 0.3 is 0 Å². The van der Waals surface area contributed by atoms with Gasteiger partial charge in [0.05, 0.1) is 12.7 Å². The molecule has 3 fully saturated rings. The van der Waals surface area contributed by atoms with E-state index in [0.717, 1.165) is 6.61 Å². The number of rotatable bonds is 0. The topological polar surface area (TPSA) is 12.5 Å². The third-order valence-corrected chi connectivity index (χ3v) is 2.97. The summed E-state index contributed by atoms with van der Waals surface area (Å²) in [6.45, 7) is 7.04. The highest BCUT2D eigenvalue weighted by atomic mass is 16.6. The smallest absolute Gasteiger partial charge is 0.0781 e. The Labute approximate surface area is 82.9 Å². The van der Waals surface area contributed by atoms with Crippen molar-refractivity contribution in [2.75, 3.05) is 6.61 Å². The largest absolute Gasteiger partial charge is 0.373 e. The first kappa shape index (κ1) is 11.0. The maximum atomic E-state index is 4.71. The molecule has 78 valence electrons. The van der Waals surface area contributed by atoms with Gasteiger partial charge in [0.1, 0.15) is 0 Å². The maximum absolute atomic E-state index is 4.71. The molecule has 0 aromatic carbocycles. The van der Waals surface area contributed by atoms with Gasteiger partial charge in [-0.05, 0) is 25.2 Å². The van der Waals surface area contributed by atoms with E-state index in [1.54, 1.807) is 19.3 Å². The Balaban J connectivity index is 0.000000121. The van der Waals surface area contributed by atoms with Crippen LogP contribution in [-0.2, 0) is 4.74 Å². The normalized spacial score (nSPS) is 38.5. The molecule has 1 heteroatoms. The van der Waals surface area contributed by atoms with E-state index >= 15 is 0 Å². The lowest BCUT2D eigenvalue weighted by molar-refractivity contribution is 0.423. The van der Waals surface area contributed by atoms with Gasteiger partial charge in [0, 0.05) is 0 Å². The highest BCUT2D eigenvalue weighted by Crippen LogP contribution is 2.49. The van der Waals surface area contributed by atoms with Crippen LogP contribution in [0.15, 0.2) is 0 Å². The standard InChI is InChI=1S/C7H12.C3H6O.C2H6/c1-2-4-7-5-6(7)3-1;1-3-2-4-3;1-2/h6-7H,1-5H2;3H,2H2,1H3;1-2H3. The number of epoxide rings is 1. The molecule has 0 aromatic rings. The summed E-state index contributed by atoms with van der Waals surface area (Å²) in [5.74, 6) is 2.41. The molecule has 1 nitrogen and oxygen atoms in total. The summed E-state index contributed by atoms with van der Waals surface area (Å²) in [4.78, 5) is 0. The molecule has 3 aliphatic rings. The zero-order chi connectivity index (χ0) is 9.68. The third kappa shape index (κ3) is 4.66. The van der Waals surface area contributed by atoms with E-state index in [4.69, 9.17) is 4.74 Å². The summed E-state index contributed by atoms with van der Waals surface area (Å²) in [7, 11) is 0. The van der Waals surface area contributed by atoms with Crippen LogP contribution in [0.2, 0.25) is 0 Å². The molecule has 0 amide bonds. The second-order valence-corrected chi connectivity index (χ2v) is 4.18. The van der Waals surface area contributed by atoms with Crippen LogP contribution < -0.4 is 0 Å². The molecule has 1 saturated heterocycles. The third-order valence-electron chi connectivity index (χ3n) is 2.97. The molecule has 0 aromatic heterocycles. The number of ether oxygens (including phenoxy) is 1. The Morgan fingerprint density at radius 2 is 1.38 bits per heavy atom. The van der Waals surface area contributed by atoms with Gasteiger partial charge < -0.3 is 4.74 Å². The van der Waals surface area contributed by atoms with Gasteiger partial charge in [-0.25, -0.2) is 0 Å². The predicted molar refractivity (Wildman–Crippen MR) is 56.8 cm³/mol. The van der Waals surface area contributed by atoms with Crippen LogP contribution >= 0.6 is 0 Å². The van der Waals surface area contributed by atoms with Crippen LogP contribution in [-0.4, -0.2) is 12.7 Å². The molecule has 0 N–H and O–H groups in total. The number of hydrogen-bond donors (Lipinski definition) is 0. The lowest BCUT2D eigenvalue weighted by Gasteiger charge is -2.05. The average molecular weight is 184 g/mol. The highest BCUT2D eigenvalue weighted by molar-refractivity contribution is 4.88. The first-order valence-corrected chi connectivity index (χ1v) is 5.98. The van der Waals surface area contributed by atoms with Crippen molar-refractivity contribution in [3.8, 4) is 0 Å². The van der Waals surface area contributed by atoms with Gasteiger partial charge in [0.2, 0.25) is 0 Å². The Morgan fingerprint density at radius 1 is 1.00 bits per heavy atom. The van der Waals surface area contributed by atoms with E-state index in [1.807, 2.05) is 13.8 Å². The van der Waals surface area contributed by atoms with Crippen LogP contribution in [0.3, 0.4) is 0 Å². The van der Waals surface area contributed by atoms with Gasteiger partial charge in [-0.15, -0.1) is 0 Å². The minimum atomic E-state index is 0.583. The van der Waals surface area contributed by atoms with E-state index < -0.39 is 0 Å². The molecule has 1 aliphatic heterocycles. The minimum Gasteiger partial charge on any atom is -0.373 e. The fourth-order valence-corrected chi connectivity index (χ4v) is 1.93. The summed E-state index contributed by atoms with van der Waals surface area (Å²) >= 11 is 0. The fourth-order valence-electron chi connectivity index (χ4n) is 1.93. The van der Waals surface area contributed by atoms with E-state index in [-0.39, 0.29) is 0 Å². The first-order valence-electron chi connectivity index (χ1n) is 5.98. The van der Waals surface area contributed by atoms with Crippen molar-refractivity contribution in [2.24, 2.45) is 11.8 Å². The van der Waals surface area contributed by atoms with Crippen molar-refractivity contribution in [2.45, 2.75) is 59.0 Å². The van der Waals surface area contributed by atoms with Crippen LogP contribution in [0.5, 0.6) is 0 Å². The van der Waals surface area contributed by atoms with E-state index in [2.05, 4.69) is 6.92 Å². The van der Waals surface area contributed by atoms with E-state index in [9.17, 15) is 0 Å². The monoisotopic (exact) mass is 184 g/mol. The van der Waals surface area contributed by atoms with Gasteiger partial charge in [-0.2, -0.15) is 0 Å². The van der Waals surface area contributed by atoms with Gasteiger partial charge in [0.15, 0.2) is 0 Å². The Kier molecular flexibility index (Phi) is 4.79. The molecule has 3 atom stereocenters. The van der Waals surface area contributed by atoms with E-state index in [0.29, 0.717) is 6.10 Å². The fraction of sp³-hybridized carbons (Fsp3) is 1.00. The zero-order valence-corrected chi connectivity index (χ0v) is 9.38. The summed E-state index contributed by atoms with van der Waals surface area (Å²) in [5, 5.41) is 0. The van der Waals surface area contributed by atoms with Crippen molar-refractivity contribution in [1.29, 1.82) is 0 Å². The van der Waals surface area contributed by atoms with Crippen LogP contribution in [0.25, 0.3) is 0 Å². The molecule has 2 saturated carbocycles. The molecule has 0 radical (unpaired) electrons. The molecular formula is C12H24O. The SMILES string of the molecule is C1CCC2CC2C1.CC.CC1CO1. The van der Waals surface area contributed by atoms with Crippen molar-refractivity contribution < 1.29 is 4.74 Å². The van der Waals surface area contributed by atoms with Crippen molar-refractivity contribution in [1.82, 2.24) is 0 Å². The van der Waals surface area contributed by atoms with Crippen LogP contribution in [0.4, 0.5) is 0 Å². The average Bonchev–Trinajstić information content (AvgIpc) is 3.04. The van der Waals surface area contributed by atoms with Gasteiger partial charge in [-0.3, -0.25) is 0 Å². The summed E-state index contributed by atoms with van der Waals surface area (Å²) in [6, 6.07) is 0. The highest BCUT2D eigenvalue weighted by Gasteiger charge is 2.37. The molecule has 3 rings (SSSR count). The molecular weight excluding hydrogens is 160 g/mol. The molecule has 0 spiro atoms. The maximum Gasteiger partial charge on any atom is 0.0781 e. The summed E-state index contributed by atoms with van der Waals surface area (Å²) < 4.78 is 4.71. The van der Waals surface area contributed by atoms with Crippen molar-refractivity contribution in [3.05, 3.63) is 0 Å². The Morgan fingerprint density at radius 3 is 1.62 bits per heavy atom.